The molecule has 0 N–H and O–H groups in total. The van der Waals surface area contributed by atoms with Crippen molar-refractivity contribution in [1.29, 1.82) is 0 Å². The molecule has 1 aromatic carbocycles. The Labute approximate surface area is 184 Å². The SMILES string of the molecule is CCOc1ccccc1-c1noc(COC(=O)c2cc(C)n(Cc3cccs3)c2C)n1. The third kappa shape index (κ3) is 4.54. The maximum atomic E-state index is 12.7. The fourth-order valence-corrected chi connectivity index (χ4v) is 4.06. The molecule has 4 aromatic rings. The van der Waals surface area contributed by atoms with Crippen molar-refractivity contribution in [3.05, 3.63) is 75.6 Å². The molecule has 0 saturated heterocycles. The van der Waals surface area contributed by atoms with E-state index in [9.17, 15) is 4.79 Å². The maximum absolute atomic E-state index is 12.7. The molecule has 0 radical (unpaired) electrons. The first-order chi connectivity index (χ1) is 15.1. The van der Waals surface area contributed by atoms with Crippen LogP contribution in [0.25, 0.3) is 11.4 Å². The van der Waals surface area contributed by atoms with Gasteiger partial charge in [-0.15, -0.1) is 11.3 Å². The second-order valence-electron chi connectivity index (χ2n) is 6.97. The molecule has 0 aliphatic rings. The van der Waals surface area contributed by atoms with Crippen LogP contribution >= 0.6 is 11.3 Å². The molecule has 0 atom stereocenters. The molecule has 0 bridgehead atoms. The predicted octanol–water partition coefficient (Wildman–Crippen LogP) is 5.02. The molecule has 160 valence electrons. The van der Waals surface area contributed by atoms with E-state index in [-0.39, 0.29) is 12.5 Å². The summed E-state index contributed by atoms with van der Waals surface area (Å²) in [5, 5.41) is 6.04. The van der Waals surface area contributed by atoms with Gasteiger partial charge in [0.1, 0.15) is 5.75 Å². The summed E-state index contributed by atoms with van der Waals surface area (Å²) in [6.07, 6.45) is 0. The van der Waals surface area contributed by atoms with E-state index >= 15 is 0 Å². The van der Waals surface area contributed by atoms with Gasteiger partial charge in [0.05, 0.1) is 24.3 Å². The van der Waals surface area contributed by atoms with Gasteiger partial charge in [-0.3, -0.25) is 0 Å². The van der Waals surface area contributed by atoms with Crippen LogP contribution in [0.4, 0.5) is 0 Å². The Hall–Kier alpha value is -3.39. The van der Waals surface area contributed by atoms with E-state index in [0.717, 1.165) is 23.5 Å². The number of hydrogen-bond acceptors (Lipinski definition) is 7. The Balaban J connectivity index is 1.44. The van der Waals surface area contributed by atoms with E-state index in [1.165, 1.54) is 4.88 Å². The standard InChI is InChI=1S/C23H23N3O4S/c1-4-28-20-10-6-5-9-18(20)22-24-21(30-25-22)14-29-23(27)19-12-15(2)26(16(19)3)13-17-8-7-11-31-17/h5-12H,4,13-14H2,1-3H3. The average Bonchev–Trinajstić information content (AvgIpc) is 3.51. The van der Waals surface area contributed by atoms with Crippen LogP contribution in [0.2, 0.25) is 0 Å². The fourth-order valence-electron chi connectivity index (χ4n) is 3.37. The van der Waals surface area contributed by atoms with Crippen LogP contribution < -0.4 is 4.74 Å². The number of carbonyl (C=O) groups excluding carboxylic acids is 1. The normalized spacial score (nSPS) is 10.9. The molecule has 3 heterocycles. The van der Waals surface area contributed by atoms with Crippen molar-refractivity contribution in [2.24, 2.45) is 0 Å². The van der Waals surface area contributed by atoms with Gasteiger partial charge in [0.15, 0.2) is 6.61 Å². The molecule has 0 unspecified atom stereocenters. The van der Waals surface area contributed by atoms with Crippen molar-refractivity contribution in [2.45, 2.75) is 33.9 Å². The molecule has 0 fully saturated rings. The van der Waals surface area contributed by atoms with Crippen molar-refractivity contribution in [1.82, 2.24) is 14.7 Å². The lowest BCUT2D eigenvalue weighted by atomic mass is 10.2. The van der Waals surface area contributed by atoms with Crippen LogP contribution in [0.1, 0.15) is 39.4 Å². The van der Waals surface area contributed by atoms with Gasteiger partial charge in [0.2, 0.25) is 5.82 Å². The Morgan fingerprint density at radius 3 is 2.81 bits per heavy atom. The summed E-state index contributed by atoms with van der Waals surface area (Å²) < 4.78 is 18.4. The molecular weight excluding hydrogens is 414 g/mol. The molecule has 4 rings (SSSR count). The first kappa shape index (κ1) is 20.9. The van der Waals surface area contributed by atoms with Gasteiger partial charge in [0, 0.05) is 16.3 Å². The zero-order chi connectivity index (χ0) is 21.8. The lowest BCUT2D eigenvalue weighted by Crippen LogP contribution is -2.08. The third-order valence-corrected chi connectivity index (χ3v) is 5.77. The smallest absolute Gasteiger partial charge is 0.340 e. The zero-order valence-corrected chi connectivity index (χ0v) is 18.4. The number of thiophene rings is 1. The summed E-state index contributed by atoms with van der Waals surface area (Å²) in [5.41, 5.74) is 3.14. The maximum Gasteiger partial charge on any atom is 0.340 e. The molecule has 31 heavy (non-hydrogen) atoms. The predicted molar refractivity (Wildman–Crippen MR) is 117 cm³/mol. The molecular formula is C23H23N3O4S. The molecule has 0 saturated carbocycles. The van der Waals surface area contributed by atoms with E-state index in [2.05, 4.69) is 20.8 Å². The molecule has 0 amide bonds. The van der Waals surface area contributed by atoms with Crippen LogP contribution in [-0.4, -0.2) is 27.3 Å². The van der Waals surface area contributed by atoms with E-state index < -0.39 is 5.97 Å². The number of aryl methyl sites for hydroxylation is 1. The number of para-hydroxylation sites is 1. The molecule has 0 spiro atoms. The zero-order valence-electron chi connectivity index (χ0n) is 17.6. The molecule has 0 aliphatic heterocycles. The van der Waals surface area contributed by atoms with Gasteiger partial charge in [-0.05, 0) is 50.4 Å². The van der Waals surface area contributed by atoms with Gasteiger partial charge in [-0.2, -0.15) is 4.98 Å². The van der Waals surface area contributed by atoms with Crippen LogP contribution in [0.15, 0.2) is 52.4 Å². The van der Waals surface area contributed by atoms with Crippen molar-refractivity contribution >= 4 is 17.3 Å². The second-order valence-corrected chi connectivity index (χ2v) is 8.00. The summed E-state index contributed by atoms with van der Waals surface area (Å²) in [6, 6.07) is 13.4. The third-order valence-electron chi connectivity index (χ3n) is 4.91. The number of ether oxygens (including phenoxy) is 2. The minimum absolute atomic E-state index is 0.1000. The summed E-state index contributed by atoms with van der Waals surface area (Å²) >= 11 is 1.69. The summed E-state index contributed by atoms with van der Waals surface area (Å²) in [4.78, 5) is 18.3. The lowest BCUT2D eigenvalue weighted by molar-refractivity contribution is 0.0429. The topological polar surface area (TPSA) is 79.4 Å². The van der Waals surface area contributed by atoms with Gasteiger partial charge < -0.3 is 18.6 Å². The van der Waals surface area contributed by atoms with E-state index in [1.807, 2.05) is 62.5 Å². The number of hydrogen-bond donors (Lipinski definition) is 0. The second kappa shape index (κ2) is 9.18. The molecule has 3 aromatic heterocycles. The summed E-state index contributed by atoms with van der Waals surface area (Å²) in [7, 11) is 0. The molecule has 0 aliphatic carbocycles. The van der Waals surface area contributed by atoms with Crippen LogP contribution in [-0.2, 0) is 17.9 Å². The summed E-state index contributed by atoms with van der Waals surface area (Å²) in [6.45, 7) is 6.98. The van der Waals surface area contributed by atoms with Crippen molar-refractivity contribution in [2.75, 3.05) is 6.61 Å². The summed E-state index contributed by atoms with van der Waals surface area (Å²) in [5.74, 6) is 0.874. The Morgan fingerprint density at radius 2 is 2.03 bits per heavy atom. The minimum Gasteiger partial charge on any atom is -0.493 e. The number of carbonyl (C=O) groups is 1. The minimum atomic E-state index is -0.417. The highest BCUT2D eigenvalue weighted by Crippen LogP contribution is 2.27. The fraction of sp³-hybridized carbons (Fsp3) is 0.261. The lowest BCUT2D eigenvalue weighted by Gasteiger charge is -2.08. The van der Waals surface area contributed by atoms with Crippen LogP contribution in [0, 0.1) is 13.8 Å². The largest absolute Gasteiger partial charge is 0.493 e. The highest BCUT2D eigenvalue weighted by Gasteiger charge is 2.19. The Kier molecular flexibility index (Phi) is 6.18. The van der Waals surface area contributed by atoms with E-state index in [0.29, 0.717) is 23.7 Å². The van der Waals surface area contributed by atoms with Crippen LogP contribution in [0.5, 0.6) is 5.75 Å². The number of aromatic nitrogens is 3. The number of esters is 1. The highest BCUT2D eigenvalue weighted by molar-refractivity contribution is 7.09. The van der Waals surface area contributed by atoms with E-state index in [4.69, 9.17) is 14.0 Å². The molecule has 7 nitrogen and oxygen atoms in total. The van der Waals surface area contributed by atoms with Gasteiger partial charge in [0.25, 0.3) is 5.89 Å². The number of nitrogens with zero attached hydrogens (tertiary/aromatic N) is 3. The van der Waals surface area contributed by atoms with Crippen LogP contribution in [0.3, 0.4) is 0 Å². The highest BCUT2D eigenvalue weighted by atomic mass is 32.1. The van der Waals surface area contributed by atoms with Gasteiger partial charge in [-0.1, -0.05) is 23.4 Å². The van der Waals surface area contributed by atoms with Crippen molar-refractivity contribution < 1.29 is 18.8 Å². The average molecular weight is 438 g/mol. The van der Waals surface area contributed by atoms with Gasteiger partial charge in [-0.25, -0.2) is 4.79 Å². The monoisotopic (exact) mass is 437 g/mol. The Bertz CT molecular complexity index is 1180. The number of benzene rings is 1. The Morgan fingerprint density at radius 1 is 1.19 bits per heavy atom. The van der Waals surface area contributed by atoms with E-state index in [1.54, 1.807) is 11.3 Å². The van der Waals surface area contributed by atoms with Crippen molar-refractivity contribution in [3.8, 4) is 17.1 Å². The quantitative estimate of drug-likeness (QED) is 0.360. The van der Waals surface area contributed by atoms with Gasteiger partial charge >= 0.3 is 5.97 Å². The van der Waals surface area contributed by atoms with Crippen molar-refractivity contribution in [3.63, 3.8) is 0 Å². The first-order valence-corrected chi connectivity index (χ1v) is 10.9. The number of rotatable bonds is 8. The molecule has 8 heteroatoms. The first-order valence-electron chi connectivity index (χ1n) is 9.97.